The minimum atomic E-state index is -1.84. The topological polar surface area (TPSA) is 351 Å². The zero-order chi connectivity index (χ0) is 58.5. The second kappa shape index (κ2) is 27.1. The second-order valence-corrected chi connectivity index (χ2v) is 22.1. The average molecular weight is 1160 g/mol. The Hall–Kier alpha value is -5.79. The number of carboxylic acid groups (broad SMARTS) is 1. The van der Waals surface area contributed by atoms with Gasteiger partial charge in [0.05, 0.1) is 56.0 Å². The minimum absolute atomic E-state index is 0.0317. The molecule has 2 aromatic heterocycles. The van der Waals surface area contributed by atoms with Crippen LogP contribution in [0.1, 0.15) is 80.7 Å². The van der Waals surface area contributed by atoms with E-state index in [0.717, 1.165) is 32.1 Å². The van der Waals surface area contributed by atoms with Crippen LogP contribution in [0.4, 0.5) is 4.39 Å². The number of carboxylic acids is 1. The number of halogens is 1. The maximum absolute atomic E-state index is 14.2. The molecule has 5 aliphatic rings. The van der Waals surface area contributed by atoms with E-state index in [9.17, 15) is 59.9 Å². The highest BCUT2D eigenvalue weighted by molar-refractivity contribution is 5.89. The fourth-order valence-corrected chi connectivity index (χ4v) is 11.9. The molecule has 10 rings (SSSR count). The third-order valence-electron chi connectivity index (χ3n) is 16.4. The van der Waals surface area contributed by atoms with Crippen molar-refractivity contribution in [1.29, 1.82) is 0 Å². The molecular formula is C57H71FN6O19. The highest BCUT2D eigenvalue weighted by atomic mass is 19.1. The fraction of sp³-hybridized carbons (Fsp3) is 0.579. The average Bonchev–Trinajstić information content (AvgIpc) is 3.89. The van der Waals surface area contributed by atoms with Crippen molar-refractivity contribution in [3.8, 4) is 22.5 Å². The lowest BCUT2D eigenvalue weighted by atomic mass is 9.81. The number of aliphatic carboxylic acids is 1. The monoisotopic (exact) mass is 1160 g/mol. The summed E-state index contributed by atoms with van der Waals surface area (Å²) in [6.07, 6.45) is -19.3. The Balaban J connectivity index is 1.02. The molecule has 9 N–H and O–H groups in total. The standard InChI is InChI=1S/C57H71FN6O19/c1-29-44(67)48(71)49(72)56(77-29)83-50-38(63-24-36(59-61-63)32-14-7-3-8-15-32)20-31(28-76-55-47(70)43(45(68)41(26-65)80-55)64-25-37(60-62-64)34-18-11-19-35(58)23-34)22-39(50)79-57-52(82-54(75)33-16-9-4-10-17-33)51(46(69)42(27-66)81-57)78-40(53(73)74)21-30-12-5-2-6-13-30/h3-4,7-11,14-19,23-25,29-31,38-52,55-57,65-72H,2,5-6,12-13,20-22,26-28H2,1H3,(H,73,74)/t29?,31?,38?,39-,40+,41?,42?,43?,44-,45-,46+,47?,48?,49?,50?,51?,52?,55+,56+,57-/m1/s1. The molecule has 0 bridgehead atoms. The Morgan fingerprint density at radius 2 is 1.31 bits per heavy atom. The number of aliphatic hydroxyl groups excluding tert-OH is 8. The number of carbonyl (C=O) groups is 2. The normalized spacial score (nSPS) is 34.7. The van der Waals surface area contributed by atoms with Gasteiger partial charge in [-0.2, -0.15) is 0 Å². The Labute approximate surface area is 476 Å². The molecule has 3 aliphatic heterocycles. The van der Waals surface area contributed by atoms with Crippen molar-refractivity contribution >= 4 is 11.9 Å². The van der Waals surface area contributed by atoms with Crippen LogP contribution in [0.15, 0.2) is 97.3 Å². The molecule has 2 aliphatic carbocycles. The molecule has 2 saturated carbocycles. The van der Waals surface area contributed by atoms with E-state index in [1.807, 2.05) is 30.3 Å². The van der Waals surface area contributed by atoms with Crippen LogP contribution in [-0.4, -0.2) is 212 Å². The first-order valence-electron chi connectivity index (χ1n) is 28.1. The van der Waals surface area contributed by atoms with E-state index in [1.54, 1.807) is 30.5 Å². The van der Waals surface area contributed by atoms with Gasteiger partial charge in [-0.25, -0.2) is 23.3 Å². The Morgan fingerprint density at radius 1 is 0.663 bits per heavy atom. The summed E-state index contributed by atoms with van der Waals surface area (Å²) < 4.78 is 67.9. The van der Waals surface area contributed by atoms with Crippen molar-refractivity contribution in [2.45, 2.75) is 175 Å². The number of rotatable bonds is 20. The van der Waals surface area contributed by atoms with E-state index in [-0.39, 0.29) is 43.0 Å². The van der Waals surface area contributed by atoms with E-state index < -0.39 is 153 Å². The van der Waals surface area contributed by atoms with Crippen molar-refractivity contribution in [1.82, 2.24) is 30.0 Å². The number of hydrogen-bond donors (Lipinski definition) is 9. The van der Waals surface area contributed by atoms with Gasteiger partial charge in [-0.3, -0.25) is 0 Å². The van der Waals surface area contributed by atoms with Gasteiger partial charge in [0.2, 0.25) is 0 Å². The Morgan fingerprint density at radius 3 is 2.01 bits per heavy atom. The fourth-order valence-electron chi connectivity index (χ4n) is 11.9. The predicted octanol–water partition coefficient (Wildman–Crippen LogP) is 1.70. The van der Waals surface area contributed by atoms with Crippen LogP contribution in [0.25, 0.3) is 22.5 Å². The van der Waals surface area contributed by atoms with Crippen molar-refractivity contribution in [3.05, 3.63) is 109 Å². The summed E-state index contributed by atoms with van der Waals surface area (Å²) in [5.74, 6) is -3.52. The van der Waals surface area contributed by atoms with E-state index in [0.29, 0.717) is 16.8 Å². The molecule has 5 fully saturated rings. The number of benzene rings is 3. The smallest absolute Gasteiger partial charge is 0.338 e. The lowest BCUT2D eigenvalue weighted by molar-refractivity contribution is -0.350. The van der Waals surface area contributed by atoms with Crippen LogP contribution >= 0.6 is 0 Å². The molecule has 3 aromatic carbocycles. The SMILES string of the molecule is CC1O[C@@H](OC2C(n3cc(-c4ccccc4)nn3)CC(CO[C@H]3OC(CO)[C@@H](O)C(n4cc(-c5cccc(F)c5)nn4)C3O)C[C@H]2O[C@@H]2OC(CO)[C@H](O)C(O[C@@H](CC3CCCCC3)C(=O)O)C2OC(=O)c2ccccc2)C(O)C(O)[C@@H]1O. The van der Waals surface area contributed by atoms with Crippen molar-refractivity contribution in [3.63, 3.8) is 0 Å². The van der Waals surface area contributed by atoms with E-state index in [2.05, 4.69) is 20.6 Å². The number of aromatic nitrogens is 6. The molecule has 450 valence electrons. The number of esters is 1. The number of nitrogens with zero attached hydrogens (tertiary/aromatic N) is 6. The molecule has 20 atom stereocenters. The molecule has 5 heterocycles. The van der Waals surface area contributed by atoms with Gasteiger partial charge in [-0.15, -0.1) is 10.2 Å². The third kappa shape index (κ3) is 13.7. The molecule has 5 aromatic rings. The molecular weight excluding hydrogens is 1090 g/mol. The summed E-state index contributed by atoms with van der Waals surface area (Å²) in [5.41, 5.74) is 1.77. The first-order valence-corrected chi connectivity index (χ1v) is 28.1. The van der Waals surface area contributed by atoms with Gasteiger partial charge in [-0.1, -0.05) is 103 Å². The van der Waals surface area contributed by atoms with Gasteiger partial charge in [0, 0.05) is 11.1 Å². The first-order chi connectivity index (χ1) is 40.1. The zero-order valence-corrected chi connectivity index (χ0v) is 45.3. The molecule has 0 radical (unpaired) electrons. The number of aliphatic hydroxyl groups is 8. The minimum Gasteiger partial charge on any atom is -0.479 e. The van der Waals surface area contributed by atoms with E-state index >= 15 is 0 Å². The number of hydrogen-bond acceptors (Lipinski definition) is 22. The maximum atomic E-state index is 14.2. The molecule has 0 spiro atoms. The van der Waals surface area contributed by atoms with Gasteiger partial charge >= 0.3 is 11.9 Å². The quantitative estimate of drug-likeness (QED) is 0.0501. The molecule has 25 nitrogen and oxygen atoms in total. The molecule has 0 amide bonds. The van der Waals surface area contributed by atoms with Gasteiger partial charge in [-0.05, 0) is 62.3 Å². The summed E-state index contributed by atoms with van der Waals surface area (Å²) in [5, 5.41) is 118. The van der Waals surface area contributed by atoms with Crippen LogP contribution in [0.5, 0.6) is 0 Å². The van der Waals surface area contributed by atoms with Crippen molar-refractivity contribution in [2.75, 3.05) is 19.8 Å². The molecule has 12 unspecified atom stereocenters. The lowest BCUT2D eigenvalue weighted by Crippen LogP contribution is -2.64. The molecule has 3 saturated heterocycles. The lowest BCUT2D eigenvalue weighted by Gasteiger charge is -2.49. The first kappa shape index (κ1) is 60.3. The number of carbonyl (C=O) groups excluding carboxylic acids is 1. The highest BCUT2D eigenvalue weighted by Crippen LogP contribution is 2.43. The van der Waals surface area contributed by atoms with Crippen LogP contribution in [0, 0.1) is 17.7 Å². The van der Waals surface area contributed by atoms with Crippen LogP contribution in [0.3, 0.4) is 0 Å². The van der Waals surface area contributed by atoms with Crippen molar-refractivity contribution in [2.24, 2.45) is 11.8 Å². The Kier molecular flexibility index (Phi) is 19.7. The van der Waals surface area contributed by atoms with E-state index in [4.69, 9.17) is 37.9 Å². The van der Waals surface area contributed by atoms with Gasteiger partial charge in [0.1, 0.15) is 84.3 Å². The third-order valence-corrected chi connectivity index (χ3v) is 16.4. The highest BCUT2D eigenvalue weighted by Gasteiger charge is 2.55. The maximum Gasteiger partial charge on any atom is 0.338 e. The summed E-state index contributed by atoms with van der Waals surface area (Å²) >= 11 is 0. The summed E-state index contributed by atoms with van der Waals surface area (Å²) in [6, 6.07) is 20.2. The molecule has 83 heavy (non-hydrogen) atoms. The Bertz CT molecular complexity index is 2890. The second-order valence-electron chi connectivity index (χ2n) is 22.1. The van der Waals surface area contributed by atoms with Gasteiger partial charge in [0.25, 0.3) is 0 Å². The van der Waals surface area contributed by atoms with Crippen molar-refractivity contribution < 1.29 is 97.8 Å². The van der Waals surface area contributed by atoms with E-state index in [1.165, 1.54) is 52.8 Å². The summed E-state index contributed by atoms with van der Waals surface area (Å²) in [6.45, 7) is -0.365. The molecule has 26 heteroatoms. The van der Waals surface area contributed by atoms with Gasteiger partial charge in [0.15, 0.2) is 31.1 Å². The van der Waals surface area contributed by atoms with Crippen LogP contribution in [0.2, 0.25) is 0 Å². The van der Waals surface area contributed by atoms with Crippen LogP contribution < -0.4 is 0 Å². The summed E-state index contributed by atoms with van der Waals surface area (Å²) in [7, 11) is 0. The predicted molar refractivity (Wildman–Crippen MR) is 282 cm³/mol. The number of ether oxygens (including phenoxy) is 8. The van der Waals surface area contributed by atoms with Crippen LogP contribution in [-0.2, 0) is 42.7 Å². The van der Waals surface area contributed by atoms with Gasteiger partial charge < -0.3 is 83.9 Å². The summed E-state index contributed by atoms with van der Waals surface area (Å²) in [4.78, 5) is 27.3. The zero-order valence-electron chi connectivity index (χ0n) is 45.3. The largest absolute Gasteiger partial charge is 0.479 e.